The van der Waals surface area contributed by atoms with Crippen molar-refractivity contribution >= 4 is 46.3 Å². The highest BCUT2D eigenvalue weighted by atomic mass is 35.5. The summed E-state index contributed by atoms with van der Waals surface area (Å²) in [7, 11) is 0. The summed E-state index contributed by atoms with van der Waals surface area (Å²) in [5.74, 6) is 2.02. The highest BCUT2D eigenvalue weighted by molar-refractivity contribution is 8.00. The fourth-order valence-electron chi connectivity index (χ4n) is 6.20. The largest absolute Gasteiger partial charge is 0.325 e. The fraction of sp³-hybridized carbons (Fsp3) is 0.385. The van der Waals surface area contributed by atoms with Crippen LogP contribution < -0.4 is 10.2 Å². The third kappa shape index (κ3) is 3.76. The van der Waals surface area contributed by atoms with Crippen LogP contribution in [0.4, 0.5) is 5.69 Å². The number of thiazole rings is 1. The van der Waals surface area contributed by atoms with Gasteiger partial charge in [-0.15, -0.1) is 11.8 Å². The van der Waals surface area contributed by atoms with Crippen molar-refractivity contribution in [1.29, 1.82) is 0 Å². The molecule has 5 atom stereocenters. The first-order valence-corrected chi connectivity index (χ1v) is 13.6. The molecule has 0 saturated heterocycles. The lowest BCUT2D eigenvalue weighted by Gasteiger charge is -2.40. The van der Waals surface area contributed by atoms with Crippen molar-refractivity contribution in [2.24, 2.45) is 17.8 Å². The van der Waals surface area contributed by atoms with Crippen molar-refractivity contribution in [2.75, 3.05) is 5.32 Å². The molecule has 2 bridgehead atoms. The maximum absolute atomic E-state index is 13.1. The van der Waals surface area contributed by atoms with Gasteiger partial charge in [-0.1, -0.05) is 47.2 Å². The standard InChI is InChI=1S/C26H25ClN2O2S2/c1-14-3-2-4-19(11-14)28-20(30)13-29-25-24(33-26(29)31)21(15-7-9-18(27)10-8-15)22-16-5-6-17(12-16)23(22)32-25/h2-4,7-11,16-17,21-23H,5-6,12-13H2,1H3,(H,28,30)/t16-,17-,21+,22+,23+/m0/s1. The molecule has 1 amide bonds. The molecule has 1 N–H and O–H groups in total. The van der Waals surface area contributed by atoms with Gasteiger partial charge in [-0.2, -0.15) is 0 Å². The van der Waals surface area contributed by atoms with Gasteiger partial charge >= 0.3 is 4.87 Å². The van der Waals surface area contributed by atoms with E-state index in [-0.39, 0.29) is 23.2 Å². The van der Waals surface area contributed by atoms with Crippen LogP contribution in [0, 0.1) is 24.7 Å². The number of hydrogen-bond acceptors (Lipinski definition) is 4. The van der Waals surface area contributed by atoms with E-state index in [0.29, 0.717) is 17.1 Å². The van der Waals surface area contributed by atoms with Gasteiger partial charge in [-0.05, 0) is 79.3 Å². The van der Waals surface area contributed by atoms with Gasteiger partial charge < -0.3 is 5.32 Å². The van der Waals surface area contributed by atoms with E-state index in [2.05, 4.69) is 17.4 Å². The fourth-order valence-corrected chi connectivity index (χ4v) is 9.47. The first-order chi connectivity index (χ1) is 16.0. The topological polar surface area (TPSA) is 51.1 Å². The predicted octanol–water partition coefficient (Wildman–Crippen LogP) is 6.16. The number of anilines is 1. The predicted molar refractivity (Wildman–Crippen MR) is 136 cm³/mol. The molecular weight excluding hydrogens is 472 g/mol. The first kappa shape index (κ1) is 21.5. The van der Waals surface area contributed by atoms with E-state index in [9.17, 15) is 9.59 Å². The summed E-state index contributed by atoms with van der Waals surface area (Å²) < 4.78 is 1.71. The summed E-state index contributed by atoms with van der Waals surface area (Å²) in [5.41, 5.74) is 3.08. The number of fused-ring (bicyclic) bond motifs is 6. The van der Waals surface area contributed by atoms with Crippen LogP contribution in [0.1, 0.15) is 41.2 Å². The van der Waals surface area contributed by atoms with Gasteiger partial charge in [0.2, 0.25) is 5.91 Å². The Morgan fingerprint density at radius 3 is 2.73 bits per heavy atom. The molecular formula is C26H25ClN2O2S2. The molecule has 4 nitrogen and oxygen atoms in total. The van der Waals surface area contributed by atoms with Crippen LogP contribution in [0.3, 0.4) is 0 Å². The lowest BCUT2D eigenvalue weighted by Crippen LogP contribution is -2.34. The Kier molecular flexibility index (Phi) is 5.43. The van der Waals surface area contributed by atoms with E-state index in [0.717, 1.165) is 32.1 Å². The molecule has 2 heterocycles. The number of nitrogens with one attached hydrogen (secondary N) is 1. The van der Waals surface area contributed by atoms with Gasteiger partial charge in [0, 0.05) is 26.8 Å². The molecule has 170 valence electrons. The molecule has 33 heavy (non-hydrogen) atoms. The number of hydrogen-bond donors (Lipinski definition) is 1. The summed E-state index contributed by atoms with van der Waals surface area (Å²) in [5, 5.41) is 5.20. The highest BCUT2D eigenvalue weighted by Crippen LogP contribution is 2.64. The Labute approximate surface area is 206 Å². The monoisotopic (exact) mass is 496 g/mol. The SMILES string of the molecule is Cc1cccc(NC(=O)Cn2c3c(sc2=O)[C@H](c2ccc(Cl)cc2)[C@H]2[C@H]4CC[C@@H](C4)[C@H]2S3)c1. The second-order valence-electron chi connectivity index (χ2n) is 9.56. The van der Waals surface area contributed by atoms with Crippen LogP contribution in [0.15, 0.2) is 58.4 Å². The lowest BCUT2D eigenvalue weighted by molar-refractivity contribution is -0.116. The van der Waals surface area contributed by atoms with Gasteiger partial charge in [-0.25, -0.2) is 0 Å². The molecule has 0 spiro atoms. The van der Waals surface area contributed by atoms with Crippen LogP contribution in [0.2, 0.25) is 5.02 Å². The van der Waals surface area contributed by atoms with Crippen molar-refractivity contribution < 1.29 is 4.79 Å². The minimum Gasteiger partial charge on any atom is -0.325 e. The van der Waals surface area contributed by atoms with Crippen molar-refractivity contribution in [3.8, 4) is 0 Å². The van der Waals surface area contributed by atoms with Crippen molar-refractivity contribution in [1.82, 2.24) is 4.57 Å². The maximum Gasteiger partial charge on any atom is 0.308 e. The summed E-state index contributed by atoms with van der Waals surface area (Å²) in [6.07, 6.45) is 3.86. The van der Waals surface area contributed by atoms with Crippen molar-refractivity contribution in [3.05, 3.63) is 79.2 Å². The molecule has 1 aliphatic heterocycles. The Morgan fingerprint density at radius 1 is 1.15 bits per heavy atom. The van der Waals surface area contributed by atoms with E-state index in [1.54, 1.807) is 4.57 Å². The quantitative estimate of drug-likeness (QED) is 0.470. The molecule has 6 rings (SSSR count). The number of benzene rings is 2. The van der Waals surface area contributed by atoms with Gasteiger partial charge in [0.05, 0.1) is 5.03 Å². The van der Waals surface area contributed by atoms with E-state index in [1.165, 1.54) is 36.2 Å². The zero-order valence-corrected chi connectivity index (χ0v) is 20.7. The summed E-state index contributed by atoms with van der Waals surface area (Å²) in [6.45, 7) is 2.04. The second kappa shape index (κ2) is 8.33. The number of carbonyl (C=O) groups excluding carboxylic acids is 1. The molecule has 0 radical (unpaired) electrons. The Balaban J connectivity index is 1.37. The average molecular weight is 497 g/mol. The zero-order chi connectivity index (χ0) is 22.7. The van der Waals surface area contributed by atoms with Gasteiger partial charge in [-0.3, -0.25) is 14.2 Å². The number of halogens is 1. The summed E-state index contributed by atoms with van der Waals surface area (Å²) >= 11 is 9.37. The number of thioether (sulfide) groups is 1. The molecule has 2 fully saturated rings. The second-order valence-corrected chi connectivity index (χ2v) is 12.2. The number of amides is 1. The number of carbonyl (C=O) groups is 1. The summed E-state index contributed by atoms with van der Waals surface area (Å²) in [4.78, 5) is 27.1. The Morgan fingerprint density at radius 2 is 1.94 bits per heavy atom. The molecule has 7 heteroatoms. The minimum atomic E-state index is -0.165. The van der Waals surface area contributed by atoms with E-state index < -0.39 is 0 Å². The van der Waals surface area contributed by atoms with Crippen LogP contribution in [-0.2, 0) is 11.3 Å². The Bertz CT molecular complexity index is 1280. The van der Waals surface area contributed by atoms with Crippen molar-refractivity contribution in [2.45, 2.75) is 48.9 Å². The van der Waals surface area contributed by atoms with E-state index in [1.807, 2.05) is 55.1 Å². The smallest absolute Gasteiger partial charge is 0.308 e. The molecule has 3 aromatic rings. The molecule has 1 aromatic heterocycles. The van der Waals surface area contributed by atoms with Gasteiger partial charge in [0.1, 0.15) is 6.54 Å². The first-order valence-electron chi connectivity index (χ1n) is 11.5. The van der Waals surface area contributed by atoms with Crippen LogP contribution in [-0.4, -0.2) is 15.7 Å². The number of nitrogens with zero attached hydrogens (tertiary/aromatic N) is 1. The third-order valence-electron chi connectivity index (χ3n) is 7.52. The van der Waals surface area contributed by atoms with E-state index >= 15 is 0 Å². The minimum absolute atomic E-state index is 0.0434. The van der Waals surface area contributed by atoms with Gasteiger partial charge in [0.25, 0.3) is 0 Å². The van der Waals surface area contributed by atoms with Crippen molar-refractivity contribution in [3.63, 3.8) is 0 Å². The lowest BCUT2D eigenvalue weighted by atomic mass is 9.75. The highest BCUT2D eigenvalue weighted by Gasteiger charge is 2.55. The molecule has 2 saturated carbocycles. The molecule has 0 unspecified atom stereocenters. The zero-order valence-electron chi connectivity index (χ0n) is 18.3. The van der Waals surface area contributed by atoms with Crippen LogP contribution >= 0.6 is 34.7 Å². The van der Waals surface area contributed by atoms with Crippen LogP contribution in [0.25, 0.3) is 0 Å². The molecule has 2 aliphatic carbocycles. The third-order valence-corrected chi connectivity index (χ3v) is 10.6. The summed E-state index contributed by atoms with van der Waals surface area (Å²) in [6, 6.07) is 15.9. The maximum atomic E-state index is 13.1. The van der Waals surface area contributed by atoms with E-state index in [4.69, 9.17) is 11.6 Å². The molecule has 2 aromatic carbocycles. The molecule has 3 aliphatic rings. The average Bonchev–Trinajstić information content (AvgIpc) is 3.48. The normalized spacial score (nSPS) is 27.3. The number of rotatable bonds is 4. The number of aromatic nitrogens is 1. The van der Waals surface area contributed by atoms with Gasteiger partial charge in [0.15, 0.2) is 0 Å². The van der Waals surface area contributed by atoms with Crippen LogP contribution in [0.5, 0.6) is 0 Å². The Hall–Kier alpha value is -2.02. The number of aryl methyl sites for hydroxylation is 1.